The molecule has 1 N–H and O–H groups in total. The van der Waals surface area contributed by atoms with E-state index in [9.17, 15) is 10.1 Å². The Morgan fingerprint density at radius 1 is 1.53 bits per heavy atom. The monoisotopic (exact) mass is 258 g/mol. The summed E-state index contributed by atoms with van der Waals surface area (Å²) in [5.41, 5.74) is -0.162. The van der Waals surface area contributed by atoms with Crippen LogP contribution in [0.25, 0.3) is 0 Å². The van der Waals surface area contributed by atoms with Gasteiger partial charge in [-0.1, -0.05) is 20.8 Å². The van der Waals surface area contributed by atoms with Gasteiger partial charge in [0.1, 0.15) is 6.20 Å². The highest BCUT2D eigenvalue weighted by Gasteiger charge is 2.17. The Labute approximate surface area is 105 Å². The summed E-state index contributed by atoms with van der Waals surface area (Å²) >= 11 is 5.61. The Morgan fingerprint density at radius 2 is 2.18 bits per heavy atom. The molecular weight excluding hydrogens is 244 g/mol. The van der Waals surface area contributed by atoms with E-state index in [0.29, 0.717) is 18.4 Å². The first-order valence-corrected chi connectivity index (χ1v) is 5.70. The smallest absolute Gasteiger partial charge is 0.329 e. The average Bonchev–Trinajstić information content (AvgIpc) is 2.25. The summed E-state index contributed by atoms with van der Waals surface area (Å²) in [6, 6.07) is 0. The molecule has 0 aliphatic carbocycles. The van der Waals surface area contributed by atoms with Crippen LogP contribution in [-0.4, -0.2) is 21.4 Å². The fourth-order valence-corrected chi connectivity index (χ4v) is 1.24. The number of halogens is 1. The van der Waals surface area contributed by atoms with Gasteiger partial charge in [-0.05, 0) is 23.4 Å². The van der Waals surface area contributed by atoms with Gasteiger partial charge in [0.2, 0.25) is 11.1 Å². The lowest BCUT2D eigenvalue weighted by Gasteiger charge is -2.16. The highest BCUT2D eigenvalue weighted by atomic mass is 35.5. The van der Waals surface area contributed by atoms with Gasteiger partial charge >= 0.3 is 5.69 Å². The minimum Gasteiger partial charge on any atom is -0.364 e. The lowest BCUT2D eigenvalue weighted by atomic mass is 9.98. The fourth-order valence-electron chi connectivity index (χ4n) is 1.11. The molecule has 0 fully saturated rings. The van der Waals surface area contributed by atoms with Crippen molar-refractivity contribution in [1.82, 2.24) is 9.97 Å². The molecule has 1 aromatic rings. The van der Waals surface area contributed by atoms with Crippen LogP contribution in [0.5, 0.6) is 0 Å². The minimum absolute atomic E-state index is 0.00435. The van der Waals surface area contributed by atoms with Gasteiger partial charge in [0.15, 0.2) is 0 Å². The van der Waals surface area contributed by atoms with Gasteiger partial charge < -0.3 is 5.32 Å². The van der Waals surface area contributed by atoms with Crippen molar-refractivity contribution in [3.05, 3.63) is 21.6 Å². The van der Waals surface area contributed by atoms with Crippen LogP contribution in [0.15, 0.2) is 6.20 Å². The first kappa shape index (κ1) is 13.6. The van der Waals surface area contributed by atoms with Gasteiger partial charge in [0.25, 0.3) is 0 Å². The van der Waals surface area contributed by atoms with Gasteiger partial charge in [0.05, 0.1) is 4.92 Å². The van der Waals surface area contributed by atoms with Gasteiger partial charge in [-0.15, -0.1) is 0 Å². The molecule has 0 bridgehead atoms. The molecule has 94 valence electrons. The van der Waals surface area contributed by atoms with E-state index < -0.39 is 4.92 Å². The Morgan fingerprint density at radius 3 is 2.71 bits per heavy atom. The number of hydrogen-bond acceptors (Lipinski definition) is 5. The van der Waals surface area contributed by atoms with Gasteiger partial charge in [-0.25, -0.2) is 4.98 Å². The SMILES string of the molecule is CC(C)C(C)CNc1nc(Cl)ncc1[N+](=O)[O-]. The molecule has 0 aliphatic heterocycles. The van der Waals surface area contributed by atoms with Crippen molar-refractivity contribution in [2.45, 2.75) is 20.8 Å². The molecule has 1 unspecified atom stereocenters. The lowest BCUT2D eigenvalue weighted by molar-refractivity contribution is -0.384. The summed E-state index contributed by atoms with van der Waals surface area (Å²) in [4.78, 5) is 17.6. The normalized spacial score (nSPS) is 12.5. The van der Waals surface area contributed by atoms with Crippen LogP contribution in [0.4, 0.5) is 11.5 Å². The quantitative estimate of drug-likeness (QED) is 0.499. The number of hydrogen-bond donors (Lipinski definition) is 1. The third kappa shape index (κ3) is 3.81. The number of nitro groups is 1. The van der Waals surface area contributed by atoms with E-state index in [2.05, 4.69) is 36.1 Å². The third-order valence-electron chi connectivity index (χ3n) is 2.67. The molecule has 7 heteroatoms. The van der Waals surface area contributed by atoms with E-state index in [1.165, 1.54) is 0 Å². The molecule has 6 nitrogen and oxygen atoms in total. The van der Waals surface area contributed by atoms with E-state index in [-0.39, 0.29) is 16.8 Å². The summed E-state index contributed by atoms with van der Waals surface area (Å²) in [7, 11) is 0. The van der Waals surface area contributed by atoms with E-state index in [1.807, 2.05) is 0 Å². The molecule has 0 saturated carbocycles. The predicted octanol–water partition coefficient (Wildman–Crippen LogP) is 2.74. The summed E-state index contributed by atoms with van der Waals surface area (Å²) in [5.74, 6) is 1.03. The molecule has 0 radical (unpaired) electrons. The Bertz CT molecular complexity index is 411. The Balaban J connectivity index is 2.82. The maximum Gasteiger partial charge on any atom is 0.329 e. The van der Waals surface area contributed by atoms with Gasteiger partial charge in [-0.3, -0.25) is 10.1 Å². The van der Waals surface area contributed by atoms with Crippen LogP contribution < -0.4 is 5.32 Å². The van der Waals surface area contributed by atoms with Crippen molar-refractivity contribution < 1.29 is 4.92 Å². The fraction of sp³-hybridized carbons (Fsp3) is 0.600. The zero-order chi connectivity index (χ0) is 13.0. The number of nitrogens with one attached hydrogen (secondary N) is 1. The zero-order valence-electron chi connectivity index (χ0n) is 9.98. The maximum atomic E-state index is 10.8. The van der Waals surface area contributed by atoms with Crippen molar-refractivity contribution in [2.75, 3.05) is 11.9 Å². The molecule has 0 aromatic carbocycles. The van der Waals surface area contributed by atoms with E-state index in [1.54, 1.807) is 0 Å². The first-order valence-electron chi connectivity index (χ1n) is 5.32. The van der Waals surface area contributed by atoms with Crippen LogP contribution in [0.1, 0.15) is 20.8 Å². The zero-order valence-corrected chi connectivity index (χ0v) is 10.7. The van der Waals surface area contributed by atoms with Crippen molar-refractivity contribution >= 4 is 23.1 Å². The second kappa shape index (κ2) is 5.77. The molecule has 1 aromatic heterocycles. The summed E-state index contributed by atoms with van der Waals surface area (Å²) in [5, 5.41) is 13.7. The first-order chi connectivity index (χ1) is 7.91. The van der Waals surface area contributed by atoms with Crippen molar-refractivity contribution in [3.63, 3.8) is 0 Å². The van der Waals surface area contributed by atoms with Gasteiger partial charge in [-0.2, -0.15) is 4.98 Å². The molecule has 0 saturated heterocycles. The van der Waals surface area contributed by atoms with Crippen LogP contribution in [0, 0.1) is 22.0 Å². The summed E-state index contributed by atoms with van der Waals surface area (Å²) in [6.07, 6.45) is 1.11. The maximum absolute atomic E-state index is 10.8. The molecule has 0 aliphatic rings. The highest BCUT2D eigenvalue weighted by Crippen LogP contribution is 2.22. The largest absolute Gasteiger partial charge is 0.364 e. The molecule has 0 spiro atoms. The molecule has 1 atom stereocenters. The lowest BCUT2D eigenvalue weighted by Crippen LogP contribution is -2.17. The van der Waals surface area contributed by atoms with Crippen molar-refractivity contribution in [1.29, 1.82) is 0 Å². The molecule has 1 heterocycles. The van der Waals surface area contributed by atoms with Gasteiger partial charge in [0, 0.05) is 6.54 Å². The number of rotatable bonds is 5. The Hall–Kier alpha value is -1.43. The second-order valence-corrected chi connectivity index (χ2v) is 4.57. The number of nitrogens with zero attached hydrogens (tertiary/aromatic N) is 3. The van der Waals surface area contributed by atoms with E-state index in [0.717, 1.165) is 6.20 Å². The third-order valence-corrected chi connectivity index (χ3v) is 2.85. The van der Waals surface area contributed by atoms with Crippen LogP contribution in [0.2, 0.25) is 5.28 Å². The number of aromatic nitrogens is 2. The summed E-state index contributed by atoms with van der Waals surface area (Å²) < 4.78 is 0. The highest BCUT2D eigenvalue weighted by molar-refractivity contribution is 6.28. The van der Waals surface area contributed by atoms with E-state index in [4.69, 9.17) is 11.6 Å². The van der Waals surface area contributed by atoms with Crippen LogP contribution in [0.3, 0.4) is 0 Å². The van der Waals surface area contributed by atoms with Crippen LogP contribution in [-0.2, 0) is 0 Å². The topological polar surface area (TPSA) is 81.0 Å². The Kier molecular flexibility index (Phi) is 4.62. The van der Waals surface area contributed by atoms with Crippen LogP contribution >= 0.6 is 11.6 Å². The predicted molar refractivity (Wildman–Crippen MR) is 66.2 cm³/mol. The molecule has 17 heavy (non-hydrogen) atoms. The van der Waals surface area contributed by atoms with Crippen molar-refractivity contribution in [3.8, 4) is 0 Å². The summed E-state index contributed by atoms with van der Waals surface area (Å²) in [6.45, 7) is 6.85. The molecule has 1 rings (SSSR count). The second-order valence-electron chi connectivity index (χ2n) is 4.23. The van der Waals surface area contributed by atoms with E-state index >= 15 is 0 Å². The number of anilines is 1. The molecular formula is C10H15ClN4O2. The average molecular weight is 259 g/mol. The standard InChI is InChI=1S/C10H15ClN4O2/c1-6(2)7(3)4-12-9-8(15(16)17)5-13-10(11)14-9/h5-7H,4H2,1-3H3,(H,12,13,14). The van der Waals surface area contributed by atoms with Crippen molar-refractivity contribution in [2.24, 2.45) is 11.8 Å². The molecule has 0 amide bonds. The minimum atomic E-state index is -0.529.